The third kappa shape index (κ3) is 5.30. The van der Waals surface area contributed by atoms with Gasteiger partial charge in [-0.2, -0.15) is 5.10 Å². The van der Waals surface area contributed by atoms with Gasteiger partial charge in [0.15, 0.2) is 0 Å². The molecule has 2 saturated heterocycles. The van der Waals surface area contributed by atoms with Gasteiger partial charge in [-0.25, -0.2) is 0 Å². The fraction of sp³-hybridized carbons (Fsp3) is 0.800. The van der Waals surface area contributed by atoms with Crippen molar-refractivity contribution in [2.75, 3.05) is 46.4 Å². The minimum absolute atomic E-state index is 0.131. The molecule has 0 aromatic carbocycles. The predicted molar refractivity (Wildman–Crippen MR) is 105 cm³/mol. The molecule has 7 nitrogen and oxygen atoms in total. The topological polar surface area (TPSA) is 62.6 Å². The second kappa shape index (κ2) is 9.66. The Balaban J connectivity index is 1.44. The van der Waals surface area contributed by atoms with E-state index in [-0.39, 0.29) is 11.8 Å². The van der Waals surface area contributed by atoms with Crippen LogP contribution in [0.1, 0.15) is 36.9 Å². The van der Waals surface area contributed by atoms with Crippen LogP contribution in [0.25, 0.3) is 0 Å². The maximum absolute atomic E-state index is 12.4. The minimum atomic E-state index is 0.131. The maximum atomic E-state index is 12.4. The number of nitrogens with one attached hydrogen (secondary N) is 1. The van der Waals surface area contributed by atoms with Crippen LogP contribution in [0.2, 0.25) is 0 Å². The van der Waals surface area contributed by atoms with Crippen molar-refractivity contribution in [1.82, 2.24) is 24.9 Å². The molecule has 0 bridgehead atoms. The molecule has 3 heterocycles. The van der Waals surface area contributed by atoms with Crippen molar-refractivity contribution in [3.63, 3.8) is 0 Å². The van der Waals surface area contributed by atoms with Gasteiger partial charge in [0, 0.05) is 51.1 Å². The lowest BCUT2D eigenvalue weighted by Gasteiger charge is -2.42. The van der Waals surface area contributed by atoms with Crippen molar-refractivity contribution >= 4 is 5.91 Å². The van der Waals surface area contributed by atoms with Crippen molar-refractivity contribution in [3.05, 3.63) is 17.5 Å². The molecule has 2 aliphatic heterocycles. The molecule has 7 heteroatoms. The lowest BCUT2D eigenvalue weighted by atomic mass is 9.93. The number of nitrogens with zero attached hydrogens (tertiary/aromatic N) is 4. The molecule has 0 aliphatic carbocycles. The van der Waals surface area contributed by atoms with E-state index in [0.717, 1.165) is 45.6 Å². The maximum Gasteiger partial charge on any atom is 0.224 e. The van der Waals surface area contributed by atoms with Crippen LogP contribution in [0.3, 0.4) is 0 Å². The fourth-order valence-corrected chi connectivity index (χ4v) is 4.36. The molecule has 1 amide bonds. The van der Waals surface area contributed by atoms with Gasteiger partial charge >= 0.3 is 0 Å². The SMILES string of the molecule is COCCNC(=O)[C@@H]1CCCN(C2CCN(Cc3cnn(C)c3C)CC2)C1. The van der Waals surface area contributed by atoms with Gasteiger partial charge in [-0.3, -0.25) is 19.3 Å². The molecule has 0 unspecified atom stereocenters. The smallest absolute Gasteiger partial charge is 0.224 e. The Labute approximate surface area is 163 Å². The molecule has 2 aliphatic rings. The molecule has 0 spiro atoms. The second-order valence-corrected chi connectivity index (χ2v) is 8.00. The van der Waals surface area contributed by atoms with Crippen LogP contribution in [0.4, 0.5) is 0 Å². The summed E-state index contributed by atoms with van der Waals surface area (Å²) >= 11 is 0. The summed E-state index contributed by atoms with van der Waals surface area (Å²) in [7, 11) is 3.67. The zero-order chi connectivity index (χ0) is 19.2. The first kappa shape index (κ1) is 20.3. The summed E-state index contributed by atoms with van der Waals surface area (Å²) in [6.45, 7) is 8.62. The Bertz CT molecular complexity index is 610. The van der Waals surface area contributed by atoms with Crippen molar-refractivity contribution < 1.29 is 9.53 Å². The van der Waals surface area contributed by atoms with E-state index in [1.54, 1.807) is 7.11 Å². The zero-order valence-corrected chi connectivity index (χ0v) is 17.1. The molecule has 27 heavy (non-hydrogen) atoms. The lowest BCUT2D eigenvalue weighted by molar-refractivity contribution is -0.127. The number of methoxy groups -OCH3 is 1. The van der Waals surface area contributed by atoms with E-state index in [4.69, 9.17) is 4.74 Å². The van der Waals surface area contributed by atoms with Gasteiger partial charge in [0.25, 0.3) is 0 Å². The van der Waals surface area contributed by atoms with Gasteiger partial charge in [0.1, 0.15) is 0 Å². The molecule has 1 aromatic heterocycles. The number of carbonyl (C=O) groups excluding carboxylic acids is 1. The highest BCUT2D eigenvalue weighted by atomic mass is 16.5. The van der Waals surface area contributed by atoms with Crippen LogP contribution >= 0.6 is 0 Å². The van der Waals surface area contributed by atoms with Gasteiger partial charge in [0.2, 0.25) is 5.91 Å². The molecular formula is C20H35N5O2. The Kier molecular flexibility index (Phi) is 7.26. The number of carbonyl (C=O) groups is 1. The first-order chi connectivity index (χ1) is 13.1. The predicted octanol–water partition coefficient (Wildman–Crippen LogP) is 1.17. The molecule has 0 radical (unpaired) electrons. The Hall–Kier alpha value is -1.44. The second-order valence-electron chi connectivity index (χ2n) is 8.00. The molecule has 3 rings (SSSR count). The number of piperidine rings is 2. The average Bonchev–Trinajstić information content (AvgIpc) is 3.01. The molecule has 1 aromatic rings. The number of aryl methyl sites for hydroxylation is 1. The summed E-state index contributed by atoms with van der Waals surface area (Å²) in [6, 6.07) is 0.617. The van der Waals surface area contributed by atoms with Crippen molar-refractivity contribution in [3.8, 4) is 0 Å². The quantitative estimate of drug-likeness (QED) is 0.723. The minimum Gasteiger partial charge on any atom is -0.383 e. The highest BCUT2D eigenvalue weighted by Gasteiger charge is 2.31. The van der Waals surface area contributed by atoms with E-state index < -0.39 is 0 Å². The van der Waals surface area contributed by atoms with Crippen LogP contribution in [0.15, 0.2) is 6.20 Å². The van der Waals surface area contributed by atoms with Gasteiger partial charge in [-0.15, -0.1) is 0 Å². The monoisotopic (exact) mass is 377 g/mol. The van der Waals surface area contributed by atoms with Crippen molar-refractivity contribution in [2.45, 2.75) is 45.2 Å². The van der Waals surface area contributed by atoms with Gasteiger partial charge in [-0.1, -0.05) is 0 Å². The molecule has 0 saturated carbocycles. The summed E-state index contributed by atoms with van der Waals surface area (Å²) in [5.74, 6) is 0.327. The van der Waals surface area contributed by atoms with Gasteiger partial charge in [-0.05, 0) is 52.2 Å². The van der Waals surface area contributed by atoms with Crippen LogP contribution in [0, 0.1) is 12.8 Å². The third-order valence-corrected chi connectivity index (χ3v) is 6.23. The molecule has 2 fully saturated rings. The van der Waals surface area contributed by atoms with Crippen molar-refractivity contribution in [1.29, 1.82) is 0 Å². The Morgan fingerprint density at radius 1 is 1.30 bits per heavy atom. The Morgan fingerprint density at radius 2 is 2.07 bits per heavy atom. The van der Waals surface area contributed by atoms with Crippen LogP contribution in [0.5, 0.6) is 0 Å². The van der Waals surface area contributed by atoms with E-state index in [1.165, 1.54) is 24.1 Å². The van der Waals surface area contributed by atoms with Crippen LogP contribution in [-0.2, 0) is 23.1 Å². The molecule has 152 valence electrons. The lowest BCUT2D eigenvalue weighted by Crippen LogP contribution is -2.50. The van der Waals surface area contributed by atoms with Gasteiger partial charge in [0.05, 0.1) is 18.7 Å². The number of likely N-dealkylation sites (tertiary alicyclic amines) is 2. The third-order valence-electron chi connectivity index (χ3n) is 6.23. The fourth-order valence-electron chi connectivity index (χ4n) is 4.36. The average molecular weight is 378 g/mol. The van der Waals surface area contributed by atoms with Crippen LogP contribution < -0.4 is 5.32 Å². The van der Waals surface area contributed by atoms with Crippen molar-refractivity contribution in [2.24, 2.45) is 13.0 Å². The number of aromatic nitrogens is 2. The highest BCUT2D eigenvalue weighted by molar-refractivity contribution is 5.78. The number of rotatable bonds is 7. The summed E-state index contributed by atoms with van der Waals surface area (Å²) in [4.78, 5) is 17.5. The van der Waals surface area contributed by atoms with E-state index in [9.17, 15) is 4.79 Å². The first-order valence-electron chi connectivity index (χ1n) is 10.3. The summed E-state index contributed by atoms with van der Waals surface area (Å²) in [6.07, 6.45) is 6.51. The van der Waals surface area contributed by atoms with E-state index in [0.29, 0.717) is 19.2 Å². The standard InChI is InChI=1S/C20H35N5O2/c1-16-18(13-22-23(16)2)14-24-10-6-19(7-11-24)25-9-4-5-17(15-25)20(26)21-8-12-27-3/h13,17,19H,4-12,14-15H2,1-3H3,(H,21,26)/t17-/m1/s1. The molecule has 1 N–H and O–H groups in total. The number of hydrogen-bond acceptors (Lipinski definition) is 5. The zero-order valence-electron chi connectivity index (χ0n) is 17.1. The Morgan fingerprint density at radius 3 is 2.74 bits per heavy atom. The normalized spacial score (nSPS) is 22.9. The van der Waals surface area contributed by atoms with Crippen LogP contribution in [-0.4, -0.2) is 78.0 Å². The largest absolute Gasteiger partial charge is 0.383 e. The van der Waals surface area contributed by atoms with E-state index >= 15 is 0 Å². The highest BCUT2D eigenvalue weighted by Crippen LogP contribution is 2.25. The number of amides is 1. The number of ether oxygens (including phenoxy) is 1. The van der Waals surface area contributed by atoms with E-state index in [2.05, 4.69) is 27.1 Å². The number of hydrogen-bond donors (Lipinski definition) is 1. The molecular weight excluding hydrogens is 342 g/mol. The summed E-state index contributed by atoms with van der Waals surface area (Å²) < 4.78 is 6.97. The van der Waals surface area contributed by atoms with Gasteiger partial charge < -0.3 is 10.1 Å². The summed E-state index contributed by atoms with van der Waals surface area (Å²) in [5.41, 5.74) is 2.59. The van der Waals surface area contributed by atoms with E-state index in [1.807, 2.05) is 17.9 Å². The molecule has 1 atom stereocenters. The first-order valence-corrected chi connectivity index (χ1v) is 10.3. The summed E-state index contributed by atoms with van der Waals surface area (Å²) in [5, 5.41) is 7.37.